The van der Waals surface area contributed by atoms with Crippen LogP contribution < -0.4 is 15.4 Å². The third-order valence-electron chi connectivity index (χ3n) is 7.96. The number of aliphatic hydroxyl groups is 3. The number of likely N-dealkylation sites (N-methyl/N-ethyl adjacent to an activating group) is 1. The Labute approximate surface area is 225 Å². The highest BCUT2D eigenvalue weighted by atomic mass is 32.2. The van der Waals surface area contributed by atoms with E-state index in [2.05, 4.69) is 4.72 Å². The minimum atomic E-state index is -3.83. The number of aliphatic hydroxyl groups excluding tert-OH is 2. The van der Waals surface area contributed by atoms with Crippen molar-refractivity contribution >= 4 is 33.2 Å². The summed E-state index contributed by atoms with van der Waals surface area (Å²) in [4.78, 5) is 42.9. The van der Waals surface area contributed by atoms with Gasteiger partial charge in [0.15, 0.2) is 11.4 Å². The molecule has 0 radical (unpaired) electrons. The number of primary amides is 1. The van der Waals surface area contributed by atoms with E-state index in [9.17, 15) is 43.2 Å². The topological polar surface area (TPSA) is 211 Å². The van der Waals surface area contributed by atoms with Crippen molar-refractivity contribution in [1.29, 1.82) is 0 Å². The molecule has 0 saturated heterocycles. The van der Waals surface area contributed by atoms with E-state index in [1.165, 1.54) is 25.1 Å². The number of ketones is 2. The van der Waals surface area contributed by atoms with Crippen LogP contribution in [0.25, 0.3) is 0 Å². The predicted molar refractivity (Wildman–Crippen MR) is 140 cm³/mol. The normalized spacial score (nSPS) is 28.8. The van der Waals surface area contributed by atoms with Gasteiger partial charge in [0, 0.05) is 43.2 Å². The van der Waals surface area contributed by atoms with Gasteiger partial charge in [-0.1, -0.05) is 0 Å². The Morgan fingerprint density at radius 3 is 2.28 bits per heavy atom. The van der Waals surface area contributed by atoms with Crippen LogP contribution in [0.2, 0.25) is 0 Å². The second-order valence-corrected chi connectivity index (χ2v) is 12.7. The maximum absolute atomic E-state index is 14.0. The van der Waals surface area contributed by atoms with E-state index >= 15 is 0 Å². The lowest BCUT2D eigenvalue weighted by molar-refractivity contribution is -0.150. The van der Waals surface area contributed by atoms with Crippen molar-refractivity contribution in [1.82, 2.24) is 9.62 Å². The lowest BCUT2D eigenvalue weighted by atomic mass is 9.52. The Kier molecular flexibility index (Phi) is 6.62. The molecule has 212 valence electrons. The summed E-state index contributed by atoms with van der Waals surface area (Å²) >= 11 is 0. The molecule has 0 unspecified atom stereocenters. The zero-order chi connectivity index (χ0) is 29.4. The van der Waals surface area contributed by atoms with E-state index in [1.54, 1.807) is 25.1 Å². The first-order valence-corrected chi connectivity index (χ1v) is 13.9. The van der Waals surface area contributed by atoms with Gasteiger partial charge in [0.1, 0.15) is 22.8 Å². The molecule has 1 aromatic carbocycles. The van der Waals surface area contributed by atoms with Gasteiger partial charge < -0.3 is 31.1 Å². The number of nitrogens with one attached hydrogen (secondary N) is 1. The van der Waals surface area contributed by atoms with Crippen molar-refractivity contribution in [2.24, 2.45) is 17.1 Å². The lowest BCUT2D eigenvalue weighted by Crippen LogP contribution is -2.66. The van der Waals surface area contributed by atoms with Crippen molar-refractivity contribution in [2.75, 3.05) is 45.9 Å². The van der Waals surface area contributed by atoms with Gasteiger partial charge in [-0.05, 0) is 44.6 Å². The average molecular weight is 565 g/mol. The van der Waals surface area contributed by atoms with Gasteiger partial charge in [-0.3, -0.25) is 19.3 Å². The summed E-state index contributed by atoms with van der Waals surface area (Å²) in [6.45, 7) is -0.410. The minimum Gasteiger partial charge on any atom is -0.510 e. The summed E-state index contributed by atoms with van der Waals surface area (Å²) in [6.07, 6.45) is 0.567. The maximum atomic E-state index is 14.0. The van der Waals surface area contributed by atoms with Crippen LogP contribution in [0, 0.1) is 11.3 Å². The molecule has 0 aliphatic heterocycles. The molecule has 3 aliphatic rings. The number of nitrogens with two attached hydrogens (primary N) is 1. The molecule has 1 amide bonds. The monoisotopic (exact) mass is 564 g/mol. The van der Waals surface area contributed by atoms with Crippen LogP contribution in [0.5, 0.6) is 5.75 Å². The van der Waals surface area contributed by atoms with E-state index in [0.717, 1.165) is 6.26 Å². The Morgan fingerprint density at radius 1 is 1.15 bits per heavy atom. The predicted octanol–water partition coefficient (Wildman–Crippen LogP) is -0.894. The SMILES string of the molecule is CN(C)c1ccc(O)c2c1C[C@@]1(CNS(C)(=O)=O)C[C@H]3[C@H](N(C)C)C(O)=C(C(N)=O)C(=O)[C@@]3(O)C(O)=C1C2=O. The number of phenolic OH excluding ortho intramolecular Hbond substituents is 1. The van der Waals surface area contributed by atoms with Gasteiger partial charge in [-0.2, -0.15) is 0 Å². The zero-order valence-corrected chi connectivity index (χ0v) is 23.0. The number of hydrogen-bond donors (Lipinski definition) is 6. The molecule has 4 rings (SSSR count). The molecule has 0 bridgehead atoms. The number of Topliss-reactive ketones (excluding diaryl/α,β-unsaturated/α-hetero) is 2. The van der Waals surface area contributed by atoms with Crippen molar-refractivity contribution in [2.45, 2.75) is 24.5 Å². The van der Waals surface area contributed by atoms with Crippen LogP contribution in [0.1, 0.15) is 22.3 Å². The van der Waals surface area contributed by atoms with Gasteiger partial charge in [0.25, 0.3) is 5.91 Å². The molecule has 3 aliphatic carbocycles. The van der Waals surface area contributed by atoms with E-state index in [0.29, 0.717) is 11.3 Å². The van der Waals surface area contributed by atoms with Gasteiger partial charge in [0.05, 0.1) is 17.9 Å². The number of phenols is 1. The second kappa shape index (κ2) is 9.05. The standard InChI is InChI=1S/C25H32N4O9S/c1-28(2)13-6-7-14(30)15-11(13)8-24(10-27-39(5,37)38)9-12-18(29(3)4)20(32)16(23(26)35)21(33)25(12,36)22(34)17(24)19(15)31/h6-7,12,18,27,30,32,34,36H,8-10H2,1-5H3,(H2,26,35)/t12-,18-,24-,25+/m0/s1. The first-order chi connectivity index (χ1) is 17.9. The van der Waals surface area contributed by atoms with Crippen LogP contribution in [0.3, 0.4) is 0 Å². The van der Waals surface area contributed by atoms with E-state index < -0.39 is 85.4 Å². The van der Waals surface area contributed by atoms with E-state index in [-0.39, 0.29) is 18.4 Å². The van der Waals surface area contributed by atoms with Crippen LogP contribution in [0.4, 0.5) is 5.69 Å². The van der Waals surface area contributed by atoms with Crippen LogP contribution >= 0.6 is 0 Å². The second-order valence-electron chi connectivity index (χ2n) is 10.9. The molecular formula is C25H32N4O9S. The van der Waals surface area contributed by atoms with Gasteiger partial charge >= 0.3 is 0 Å². The highest BCUT2D eigenvalue weighted by Gasteiger charge is 2.66. The average Bonchev–Trinajstić information content (AvgIpc) is 2.79. The molecule has 0 spiro atoms. The number of nitrogens with zero attached hydrogens (tertiary/aromatic N) is 2. The molecule has 0 fully saturated rings. The molecule has 14 heteroatoms. The third-order valence-corrected chi connectivity index (χ3v) is 8.63. The molecular weight excluding hydrogens is 532 g/mol. The number of sulfonamides is 1. The van der Waals surface area contributed by atoms with E-state index in [1.807, 2.05) is 0 Å². The largest absolute Gasteiger partial charge is 0.510 e. The van der Waals surface area contributed by atoms with Gasteiger partial charge in [0.2, 0.25) is 15.8 Å². The highest BCUT2D eigenvalue weighted by molar-refractivity contribution is 7.88. The zero-order valence-electron chi connectivity index (χ0n) is 22.1. The highest BCUT2D eigenvalue weighted by Crippen LogP contribution is 2.58. The molecule has 0 heterocycles. The lowest BCUT2D eigenvalue weighted by Gasteiger charge is -2.54. The maximum Gasteiger partial charge on any atom is 0.255 e. The smallest absolute Gasteiger partial charge is 0.255 e. The molecule has 39 heavy (non-hydrogen) atoms. The number of rotatable bonds is 6. The fourth-order valence-electron chi connectivity index (χ4n) is 6.33. The molecule has 4 atom stereocenters. The molecule has 1 aromatic rings. The van der Waals surface area contributed by atoms with E-state index in [4.69, 9.17) is 5.73 Å². The van der Waals surface area contributed by atoms with Crippen molar-refractivity contribution in [3.63, 3.8) is 0 Å². The van der Waals surface area contributed by atoms with Crippen molar-refractivity contribution < 1.29 is 43.2 Å². The summed E-state index contributed by atoms with van der Waals surface area (Å²) in [5.74, 6) is -7.15. The number of amides is 1. The fourth-order valence-corrected chi connectivity index (χ4v) is 6.87. The number of anilines is 1. The summed E-state index contributed by atoms with van der Waals surface area (Å²) in [5, 5.41) is 45.1. The number of benzene rings is 1. The quantitative estimate of drug-likeness (QED) is 0.233. The molecule has 13 nitrogen and oxygen atoms in total. The number of fused-ring (bicyclic) bond motifs is 3. The summed E-state index contributed by atoms with van der Waals surface area (Å²) in [6, 6.07) is 1.67. The number of aromatic hydroxyl groups is 1. The molecule has 0 saturated carbocycles. The Balaban J connectivity index is 2.10. The third kappa shape index (κ3) is 4.09. The first-order valence-electron chi connectivity index (χ1n) is 12.0. The van der Waals surface area contributed by atoms with Crippen molar-refractivity contribution in [3.8, 4) is 5.75 Å². The number of carbonyl (C=O) groups excluding carboxylic acids is 3. The fraction of sp³-hybridized carbons (Fsp3) is 0.480. The first kappa shape index (κ1) is 28.5. The minimum absolute atomic E-state index is 0.0774. The number of hydrogen-bond acceptors (Lipinski definition) is 11. The summed E-state index contributed by atoms with van der Waals surface area (Å²) in [5.41, 5.74) is 0.372. The number of carbonyl (C=O) groups is 3. The van der Waals surface area contributed by atoms with Gasteiger partial charge in [-0.15, -0.1) is 0 Å². The Morgan fingerprint density at radius 2 is 1.77 bits per heavy atom. The molecule has 7 N–H and O–H groups in total. The Bertz CT molecular complexity index is 1480. The van der Waals surface area contributed by atoms with Crippen LogP contribution in [0.15, 0.2) is 34.8 Å². The summed E-state index contributed by atoms with van der Waals surface area (Å²) < 4.78 is 26.8. The van der Waals surface area contributed by atoms with Gasteiger partial charge in [-0.25, -0.2) is 13.1 Å². The van der Waals surface area contributed by atoms with Crippen LogP contribution in [-0.4, -0.2) is 104 Å². The summed E-state index contributed by atoms with van der Waals surface area (Å²) in [7, 11) is 2.63. The Hall–Kier alpha value is -3.46. The van der Waals surface area contributed by atoms with Crippen molar-refractivity contribution in [3.05, 3.63) is 45.9 Å². The molecule has 0 aromatic heterocycles. The van der Waals surface area contributed by atoms with Crippen LogP contribution in [-0.2, 0) is 26.0 Å².